The van der Waals surface area contributed by atoms with Gasteiger partial charge in [-0.05, 0) is 31.5 Å². The predicted molar refractivity (Wildman–Crippen MR) is 61.7 cm³/mol. The number of ketones is 1. The second-order valence-corrected chi connectivity index (χ2v) is 6.85. The monoisotopic (exact) mass is 213 g/mol. The minimum Gasteiger partial charge on any atom is -0.410 e. The van der Waals surface area contributed by atoms with Gasteiger partial charge in [0.25, 0.3) is 0 Å². The first kappa shape index (κ1) is 13.6. The van der Waals surface area contributed by atoms with Gasteiger partial charge >= 0.3 is 0 Å². The molecule has 0 fully saturated rings. The van der Waals surface area contributed by atoms with Gasteiger partial charge in [-0.15, -0.1) is 0 Å². The van der Waals surface area contributed by atoms with Gasteiger partial charge in [0.2, 0.25) is 9.04 Å². The average Bonchev–Trinajstić information content (AvgIpc) is 1.99. The van der Waals surface area contributed by atoms with Crippen LogP contribution < -0.4 is 0 Å². The van der Waals surface area contributed by atoms with Crippen LogP contribution in [0.2, 0.25) is 13.1 Å². The molecule has 2 nitrogen and oxygen atoms in total. The third-order valence-corrected chi connectivity index (χ3v) is 2.79. The highest BCUT2D eigenvalue weighted by Crippen LogP contribution is 2.23. The highest BCUT2D eigenvalue weighted by molar-refractivity contribution is 6.48. The number of carbonyl (C=O) groups is 1. The molecule has 0 amide bonds. The summed E-state index contributed by atoms with van der Waals surface area (Å²) >= 11 is 0. The Hall–Kier alpha value is -0.413. The largest absolute Gasteiger partial charge is 0.410 e. The van der Waals surface area contributed by atoms with Crippen molar-refractivity contribution in [3.8, 4) is 0 Å². The molecule has 0 aromatic heterocycles. The highest BCUT2D eigenvalue weighted by Gasteiger charge is 2.13. The summed E-state index contributed by atoms with van der Waals surface area (Å²) in [4.78, 5) is 11.4. The average molecular weight is 213 g/mol. The standard InChI is InChI=1S/C11H21O2Si/c1-9(11(2,3)4)7-10(12)8-13-14(5)6/h7H,8H2,1-6H3/b9-7-. The zero-order chi connectivity index (χ0) is 11.4. The molecule has 3 heteroatoms. The zero-order valence-electron chi connectivity index (χ0n) is 10.1. The SMILES string of the molecule is C/C(=C/C(=O)CO[Si](C)C)C(C)(C)C. The van der Waals surface area contributed by atoms with Gasteiger partial charge in [0.05, 0.1) is 6.61 Å². The van der Waals surface area contributed by atoms with E-state index >= 15 is 0 Å². The van der Waals surface area contributed by atoms with E-state index in [0.717, 1.165) is 5.57 Å². The zero-order valence-corrected chi connectivity index (χ0v) is 11.1. The Morgan fingerprint density at radius 1 is 1.36 bits per heavy atom. The van der Waals surface area contributed by atoms with Crippen LogP contribution in [0.4, 0.5) is 0 Å². The Kier molecular flexibility index (Phi) is 5.30. The van der Waals surface area contributed by atoms with Gasteiger partial charge < -0.3 is 4.43 Å². The van der Waals surface area contributed by atoms with Crippen LogP contribution in [0, 0.1) is 5.41 Å². The topological polar surface area (TPSA) is 26.3 Å². The number of carbonyl (C=O) groups excluding carboxylic acids is 1. The van der Waals surface area contributed by atoms with Crippen LogP contribution in [0.1, 0.15) is 27.7 Å². The van der Waals surface area contributed by atoms with Gasteiger partial charge in [0.1, 0.15) is 0 Å². The summed E-state index contributed by atoms with van der Waals surface area (Å²) in [6.07, 6.45) is 1.70. The van der Waals surface area contributed by atoms with Gasteiger partial charge in [-0.25, -0.2) is 0 Å². The van der Waals surface area contributed by atoms with E-state index in [4.69, 9.17) is 4.43 Å². The second kappa shape index (κ2) is 5.46. The molecule has 0 atom stereocenters. The highest BCUT2D eigenvalue weighted by atomic mass is 28.3. The Balaban J connectivity index is 4.17. The summed E-state index contributed by atoms with van der Waals surface area (Å²) < 4.78 is 5.32. The molecule has 14 heavy (non-hydrogen) atoms. The van der Waals surface area contributed by atoms with E-state index in [-0.39, 0.29) is 17.8 Å². The molecule has 0 aromatic rings. The number of rotatable bonds is 4. The van der Waals surface area contributed by atoms with Crippen LogP contribution in [0.15, 0.2) is 11.6 Å². The lowest BCUT2D eigenvalue weighted by molar-refractivity contribution is -0.116. The van der Waals surface area contributed by atoms with Gasteiger partial charge in [0.15, 0.2) is 5.78 Å². The van der Waals surface area contributed by atoms with E-state index in [1.54, 1.807) is 6.08 Å². The third-order valence-electron chi connectivity index (χ3n) is 2.06. The lowest BCUT2D eigenvalue weighted by Gasteiger charge is -2.19. The van der Waals surface area contributed by atoms with Crippen LogP contribution in [0.5, 0.6) is 0 Å². The van der Waals surface area contributed by atoms with Crippen LogP contribution >= 0.6 is 0 Å². The summed E-state index contributed by atoms with van der Waals surface area (Å²) in [6, 6.07) is 0. The number of hydrogen-bond donors (Lipinski definition) is 0. The van der Waals surface area contributed by atoms with Crippen LogP contribution in [0.3, 0.4) is 0 Å². The molecule has 0 unspecified atom stereocenters. The number of allylic oxidation sites excluding steroid dienone is 1. The maximum atomic E-state index is 11.4. The number of hydrogen-bond acceptors (Lipinski definition) is 2. The quantitative estimate of drug-likeness (QED) is 0.530. The van der Waals surface area contributed by atoms with Gasteiger partial charge in [0, 0.05) is 0 Å². The van der Waals surface area contributed by atoms with E-state index < -0.39 is 9.04 Å². The lowest BCUT2D eigenvalue weighted by Crippen LogP contribution is -2.16. The molecule has 0 aliphatic carbocycles. The first-order valence-electron chi connectivity index (χ1n) is 4.88. The van der Waals surface area contributed by atoms with E-state index in [9.17, 15) is 4.79 Å². The molecule has 0 rings (SSSR count). The van der Waals surface area contributed by atoms with Crippen LogP contribution in [0.25, 0.3) is 0 Å². The third kappa shape index (κ3) is 6.10. The molecule has 0 saturated carbocycles. The van der Waals surface area contributed by atoms with Gasteiger partial charge in [-0.3, -0.25) is 4.79 Å². The van der Waals surface area contributed by atoms with Crippen molar-refractivity contribution in [3.05, 3.63) is 11.6 Å². The summed E-state index contributed by atoms with van der Waals surface area (Å²) in [7, 11) is -0.750. The Morgan fingerprint density at radius 3 is 2.21 bits per heavy atom. The molecule has 0 spiro atoms. The Morgan fingerprint density at radius 2 is 1.86 bits per heavy atom. The molecule has 0 heterocycles. The van der Waals surface area contributed by atoms with Crippen molar-refractivity contribution in [2.45, 2.75) is 40.8 Å². The van der Waals surface area contributed by atoms with Crippen LogP contribution in [-0.4, -0.2) is 21.4 Å². The fourth-order valence-electron chi connectivity index (χ4n) is 0.715. The normalized spacial score (nSPS) is 13.5. The fraction of sp³-hybridized carbons (Fsp3) is 0.727. The van der Waals surface area contributed by atoms with Crippen molar-refractivity contribution in [1.29, 1.82) is 0 Å². The minimum atomic E-state index is -0.750. The first-order valence-corrected chi connectivity index (χ1v) is 7.29. The maximum absolute atomic E-state index is 11.4. The summed E-state index contributed by atoms with van der Waals surface area (Å²) in [5, 5.41) is 0. The molecule has 0 aliphatic rings. The maximum Gasteiger partial charge on any atom is 0.205 e. The molecular weight excluding hydrogens is 192 g/mol. The van der Waals surface area contributed by atoms with Crippen molar-refractivity contribution < 1.29 is 9.22 Å². The molecular formula is C11H21O2Si. The molecule has 0 aromatic carbocycles. The van der Waals surface area contributed by atoms with Crippen molar-refractivity contribution in [2.75, 3.05) is 6.61 Å². The van der Waals surface area contributed by atoms with E-state index in [1.807, 2.05) is 20.0 Å². The Labute approximate surface area is 89.1 Å². The molecule has 0 aliphatic heterocycles. The lowest BCUT2D eigenvalue weighted by atomic mass is 9.87. The summed E-state index contributed by atoms with van der Waals surface area (Å²) in [5.41, 5.74) is 1.18. The molecule has 1 radical (unpaired) electrons. The predicted octanol–water partition coefficient (Wildman–Crippen LogP) is 2.82. The van der Waals surface area contributed by atoms with E-state index in [2.05, 4.69) is 20.8 Å². The Bertz CT molecular complexity index is 224. The smallest absolute Gasteiger partial charge is 0.205 e. The minimum absolute atomic E-state index is 0.0713. The van der Waals surface area contributed by atoms with E-state index in [1.165, 1.54) is 0 Å². The van der Waals surface area contributed by atoms with Crippen molar-refractivity contribution in [1.82, 2.24) is 0 Å². The van der Waals surface area contributed by atoms with Crippen molar-refractivity contribution in [3.63, 3.8) is 0 Å². The van der Waals surface area contributed by atoms with Crippen molar-refractivity contribution >= 4 is 14.8 Å². The van der Waals surface area contributed by atoms with E-state index in [0.29, 0.717) is 0 Å². The molecule has 0 N–H and O–H groups in total. The van der Waals surface area contributed by atoms with Gasteiger partial charge in [-0.2, -0.15) is 0 Å². The van der Waals surface area contributed by atoms with Gasteiger partial charge in [-0.1, -0.05) is 26.3 Å². The molecule has 0 bridgehead atoms. The van der Waals surface area contributed by atoms with Crippen molar-refractivity contribution in [2.24, 2.45) is 5.41 Å². The summed E-state index contributed by atoms with van der Waals surface area (Å²) in [5.74, 6) is 0.0728. The molecule has 81 valence electrons. The molecule has 0 saturated heterocycles. The first-order chi connectivity index (χ1) is 6.23. The van der Waals surface area contributed by atoms with Crippen LogP contribution in [-0.2, 0) is 9.22 Å². The summed E-state index contributed by atoms with van der Waals surface area (Å²) in [6.45, 7) is 12.6. The second-order valence-electron chi connectivity index (χ2n) is 4.74. The fourth-order valence-corrected chi connectivity index (χ4v) is 1.15.